The molecule has 2 aromatic carbocycles. The predicted molar refractivity (Wildman–Crippen MR) is 163 cm³/mol. The summed E-state index contributed by atoms with van der Waals surface area (Å²) in [6, 6.07) is 15.1. The number of benzene rings is 2. The standard InChI is InChI=1S/C31H31N5O2S/c1-4-6-9-22(5-2)20-32-31(38)33-24-11-7-10-23(17-24)13-14-27-26-19-28(21(3)16-29(26)36-35-27)34-30(37)18-25-12-8-15-39-25/h4-17,19H,2,18,20H2,1,3H3,(H,34,37)(H,35,36)(H2,32,33,38)/b6-4-,14-13+,22-9+. The molecule has 3 amide bonds. The van der Waals surface area contributed by atoms with E-state index in [0.29, 0.717) is 18.7 Å². The largest absolute Gasteiger partial charge is 0.334 e. The highest BCUT2D eigenvalue weighted by Crippen LogP contribution is 2.26. The quantitative estimate of drug-likeness (QED) is 0.162. The molecule has 2 heterocycles. The molecule has 7 nitrogen and oxygen atoms in total. The number of aryl methyl sites for hydroxylation is 1. The molecule has 4 rings (SSSR count). The second-order valence-corrected chi connectivity index (χ2v) is 9.90. The topological polar surface area (TPSA) is 98.9 Å². The number of nitrogens with one attached hydrogen (secondary N) is 4. The van der Waals surface area contributed by atoms with Gasteiger partial charge in [0, 0.05) is 28.2 Å². The first-order valence-electron chi connectivity index (χ1n) is 12.5. The van der Waals surface area contributed by atoms with Crippen LogP contribution in [-0.2, 0) is 11.2 Å². The summed E-state index contributed by atoms with van der Waals surface area (Å²) in [5, 5.41) is 19.1. The normalized spacial score (nSPS) is 11.8. The van der Waals surface area contributed by atoms with Crippen LogP contribution in [0.15, 0.2) is 90.4 Å². The Morgan fingerprint density at radius 2 is 1.97 bits per heavy atom. The van der Waals surface area contributed by atoms with Gasteiger partial charge in [-0.3, -0.25) is 9.89 Å². The van der Waals surface area contributed by atoms with E-state index >= 15 is 0 Å². The number of aromatic nitrogens is 2. The van der Waals surface area contributed by atoms with Crippen LogP contribution in [-0.4, -0.2) is 28.7 Å². The highest BCUT2D eigenvalue weighted by Gasteiger charge is 2.11. The van der Waals surface area contributed by atoms with Crippen molar-refractivity contribution in [2.45, 2.75) is 20.3 Å². The molecule has 0 aliphatic heterocycles. The van der Waals surface area contributed by atoms with Crippen LogP contribution in [0.3, 0.4) is 0 Å². The molecule has 0 saturated carbocycles. The van der Waals surface area contributed by atoms with E-state index in [1.54, 1.807) is 17.4 Å². The van der Waals surface area contributed by atoms with Crippen LogP contribution < -0.4 is 16.0 Å². The molecule has 0 spiro atoms. The number of hydrogen-bond acceptors (Lipinski definition) is 4. The molecule has 0 aliphatic rings. The van der Waals surface area contributed by atoms with Gasteiger partial charge < -0.3 is 16.0 Å². The number of nitrogens with zero attached hydrogens (tertiary/aromatic N) is 1. The Bertz CT molecular complexity index is 1560. The first-order valence-corrected chi connectivity index (χ1v) is 13.4. The first kappa shape index (κ1) is 27.3. The first-order chi connectivity index (χ1) is 18.9. The van der Waals surface area contributed by atoms with E-state index in [1.165, 1.54) is 0 Å². The van der Waals surface area contributed by atoms with E-state index in [9.17, 15) is 9.59 Å². The molecule has 0 fully saturated rings. The Morgan fingerprint density at radius 1 is 1.10 bits per heavy atom. The van der Waals surface area contributed by atoms with Crippen LogP contribution in [0.2, 0.25) is 0 Å². The number of thiophene rings is 1. The van der Waals surface area contributed by atoms with Crippen molar-refractivity contribution >= 4 is 57.7 Å². The van der Waals surface area contributed by atoms with Crippen LogP contribution in [0.1, 0.15) is 28.6 Å². The lowest BCUT2D eigenvalue weighted by Gasteiger charge is -2.09. The van der Waals surface area contributed by atoms with E-state index in [0.717, 1.165) is 43.9 Å². The van der Waals surface area contributed by atoms with Crippen molar-refractivity contribution in [2.24, 2.45) is 0 Å². The zero-order valence-electron chi connectivity index (χ0n) is 22.0. The van der Waals surface area contributed by atoms with Gasteiger partial charge in [0.05, 0.1) is 17.6 Å². The van der Waals surface area contributed by atoms with Gasteiger partial charge in [-0.2, -0.15) is 5.10 Å². The second-order valence-electron chi connectivity index (χ2n) is 8.86. The minimum atomic E-state index is -0.299. The number of anilines is 2. The maximum atomic E-state index is 12.6. The number of aromatic amines is 1. The number of hydrogen-bond donors (Lipinski definition) is 4. The molecule has 4 aromatic rings. The Morgan fingerprint density at radius 3 is 2.74 bits per heavy atom. The summed E-state index contributed by atoms with van der Waals surface area (Å²) < 4.78 is 0. The molecular weight excluding hydrogens is 506 g/mol. The van der Waals surface area contributed by atoms with Gasteiger partial charge in [0.2, 0.25) is 5.91 Å². The van der Waals surface area contributed by atoms with E-state index in [2.05, 4.69) is 32.7 Å². The van der Waals surface area contributed by atoms with Gasteiger partial charge in [0.25, 0.3) is 0 Å². The highest BCUT2D eigenvalue weighted by atomic mass is 32.1. The van der Waals surface area contributed by atoms with E-state index < -0.39 is 0 Å². The van der Waals surface area contributed by atoms with Crippen molar-refractivity contribution in [3.63, 3.8) is 0 Å². The average Bonchev–Trinajstić information content (AvgIpc) is 3.57. The molecule has 2 aromatic heterocycles. The SMILES string of the molecule is C=C/C(=C\C=C/C)CNC(=O)Nc1cccc(/C=C/c2n[nH]c3cc(C)c(NC(=O)Cc4cccs4)cc23)c1. The van der Waals surface area contributed by atoms with Gasteiger partial charge in [0.1, 0.15) is 0 Å². The Kier molecular flexibility index (Phi) is 9.26. The fourth-order valence-corrected chi connectivity index (χ4v) is 4.60. The number of fused-ring (bicyclic) bond motifs is 1. The van der Waals surface area contributed by atoms with Crippen molar-refractivity contribution in [3.8, 4) is 0 Å². The molecule has 8 heteroatoms. The van der Waals surface area contributed by atoms with Gasteiger partial charge in [-0.05, 0) is 72.3 Å². The summed E-state index contributed by atoms with van der Waals surface area (Å²) in [4.78, 5) is 25.9. The summed E-state index contributed by atoms with van der Waals surface area (Å²) in [5.41, 5.74) is 5.84. The van der Waals surface area contributed by atoms with E-state index in [4.69, 9.17) is 0 Å². The number of allylic oxidation sites excluding steroid dienone is 3. The third-order valence-electron chi connectivity index (χ3n) is 5.92. The molecule has 0 radical (unpaired) electrons. The number of amides is 3. The summed E-state index contributed by atoms with van der Waals surface area (Å²) >= 11 is 1.57. The maximum Gasteiger partial charge on any atom is 0.319 e. The third kappa shape index (κ3) is 7.66. The lowest BCUT2D eigenvalue weighted by molar-refractivity contribution is -0.115. The molecule has 0 bridgehead atoms. The third-order valence-corrected chi connectivity index (χ3v) is 6.80. The molecule has 0 saturated heterocycles. The molecule has 39 heavy (non-hydrogen) atoms. The van der Waals surface area contributed by atoms with Crippen molar-refractivity contribution in [3.05, 3.63) is 112 Å². The Labute approximate surface area is 232 Å². The molecule has 0 atom stereocenters. The lowest BCUT2D eigenvalue weighted by Crippen LogP contribution is -2.30. The summed E-state index contributed by atoms with van der Waals surface area (Å²) in [7, 11) is 0. The summed E-state index contributed by atoms with van der Waals surface area (Å²) in [5.74, 6) is -0.0524. The van der Waals surface area contributed by atoms with Crippen LogP contribution >= 0.6 is 11.3 Å². The Hall–Kier alpha value is -4.69. The van der Waals surface area contributed by atoms with Crippen molar-refractivity contribution < 1.29 is 9.59 Å². The van der Waals surface area contributed by atoms with Crippen molar-refractivity contribution in [1.82, 2.24) is 15.5 Å². The predicted octanol–water partition coefficient (Wildman–Crippen LogP) is 7.09. The fraction of sp³-hybridized carbons (Fsp3) is 0.129. The van der Waals surface area contributed by atoms with Gasteiger partial charge in [-0.1, -0.05) is 55.2 Å². The van der Waals surface area contributed by atoms with Crippen LogP contribution in [0.4, 0.5) is 16.2 Å². The number of rotatable bonds is 10. The number of urea groups is 1. The number of carbonyl (C=O) groups is 2. The molecule has 0 unspecified atom stereocenters. The summed E-state index contributed by atoms with van der Waals surface area (Å²) in [6.07, 6.45) is 11.6. The van der Waals surface area contributed by atoms with Crippen LogP contribution in [0, 0.1) is 6.92 Å². The highest BCUT2D eigenvalue weighted by molar-refractivity contribution is 7.10. The van der Waals surface area contributed by atoms with Crippen LogP contribution in [0.25, 0.3) is 23.1 Å². The second kappa shape index (κ2) is 13.2. The molecule has 4 N–H and O–H groups in total. The smallest absolute Gasteiger partial charge is 0.319 e. The van der Waals surface area contributed by atoms with E-state index in [1.807, 2.05) is 98.1 Å². The zero-order chi connectivity index (χ0) is 27.6. The zero-order valence-corrected chi connectivity index (χ0v) is 22.8. The van der Waals surface area contributed by atoms with Crippen molar-refractivity contribution in [1.29, 1.82) is 0 Å². The van der Waals surface area contributed by atoms with Gasteiger partial charge in [-0.25, -0.2) is 4.79 Å². The van der Waals surface area contributed by atoms with Gasteiger partial charge in [-0.15, -0.1) is 11.3 Å². The van der Waals surface area contributed by atoms with Crippen molar-refractivity contribution in [2.75, 3.05) is 17.2 Å². The average molecular weight is 538 g/mol. The molecular formula is C31H31N5O2S. The summed E-state index contributed by atoms with van der Waals surface area (Å²) in [6.45, 7) is 8.04. The monoisotopic (exact) mass is 537 g/mol. The number of H-pyrrole nitrogens is 1. The minimum Gasteiger partial charge on any atom is -0.334 e. The maximum absolute atomic E-state index is 12.6. The van der Waals surface area contributed by atoms with Gasteiger partial charge in [0.15, 0.2) is 0 Å². The van der Waals surface area contributed by atoms with Gasteiger partial charge >= 0.3 is 6.03 Å². The lowest BCUT2D eigenvalue weighted by atomic mass is 10.1. The molecule has 0 aliphatic carbocycles. The minimum absolute atomic E-state index is 0.0524. The fourth-order valence-electron chi connectivity index (χ4n) is 3.89. The number of carbonyl (C=O) groups excluding carboxylic acids is 2. The van der Waals surface area contributed by atoms with E-state index in [-0.39, 0.29) is 11.9 Å². The molecule has 198 valence electrons. The Balaban J connectivity index is 1.43. The van der Waals surface area contributed by atoms with Crippen LogP contribution in [0.5, 0.6) is 0 Å².